The molecule has 7 nitrogen and oxygen atoms in total. The zero-order valence-corrected chi connectivity index (χ0v) is 16.3. The first-order valence-corrected chi connectivity index (χ1v) is 8.37. The Morgan fingerprint density at radius 2 is 1.74 bits per heavy atom. The molecule has 144 valence electrons. The van der Waals surface area contributed by atoms with Crippen LogP contribution < -0.4 is 24.4 Å². The minimum Gasteiger partial charge on any atom is -0.496 e. The number of carbonyl (C=O) groups excluding carboxylic acids is 1. The number of rotatable bonds is 8. The molecule has 0 atom stereocenters. The molecule has 2 rings (SSSR count). The molecule has 8 heteroatoms. The van der Waals surface area contributed by atoms with E-state index in [9.17, 15) is 4.79 Å². The Labute approximate surface area is 162 Å². The Balaban J connectivity index is 2.01. The second-order valence-electron chi connectivity index (χ2n) is 5.44. The standard InChI is InChI=1S/C19H21ClN2O5/c1-12-7-13(20)5-6-16(12)27-11-19(23)22-21-10-15-17(25-3)8-14(24-2)9-18(15)26-4/h5-10H,11H2,1-4H3,(H,22,23)/b21-10+. The number of methoxy groups -OCH3 is 3. The lowest BCUT2D eigenvalue weighted by atomic mass is 10.2. The van der Waals surface area contributed by atoms with Gasteiger partial charge in [0.15, 0.2) is 6.61 Å². The molecule has 2 aromatic carbocycles. The molecular weight excluding hydrogens is 372 g/mol. The maximum atomic E-state index is 11.9. The van der Waals surface area contributed by atoms with Crippen LogP contribution in [0.25, 0.3) is 0 Å². The van der Waals surface area contributed by atoms with Crippen molar-refractivity contribution in [1.29, 1.82) is 0 Å². The molecule has 0 aliphatic carbocycles. The van der Waals surface area contributed by atoms with Crippen LogP contribution in [0.15, 0.2) is 35.4 Å². The third-order valence-corrected chi connectivity index (χ3v) is 3.87. The summed E-state index contributed by atoms with van der Waals surface area (Å²) in [5.74, 6) is 1.75. The molecule has 0 saturated heterocycles. The minimum absolute atomic E-state index is 0.184. The Hall–Kier alpha value is -2.93. The molecule has 0 aliphatic rings. The number of carbonyl (C=O) groups is 1. The predicted molar refractivity (Wildman–Crippen MR) is 104 cm³/mol. The average molecular weight is 393 g/mol. The van der Waals surface area contributed by atoms with Gasteiger partial charge >= 0.3 is 0 Å². The van der Waals surface area contributed by atoms with Gasteiger partial charge in [0.1, 0.15) is 23.0 Å². The number of halogens is 1. The highest BCUT2D eigenvalue weighted by Crippen LogP contribution is 2.32. The van der Waals surface area contributed by atoms with Crippen LogP contribution in [0, 0.1) is 6.92 Å². The summed E-state index contributed by atoms with van der Waals surface area (Å²) in [4.78, 5) is 11.9. The summed E-state index contributed by atoms with van der Waals surface area (Å²) in [7, 11) is 4.59. The van der Waals surface area contributed by atoms with E-state index in [0.717, 1.165) is 5.56 Å². The normalized spacial score (nSPS) is 10.6. The van der Waals surface area contributed by atoms with Crippen LogP contribution in [0.5, 0.6) is 23.0 Å². The van der Waals surface area contributed by atoms with Crippen molar-refractivity contribution in [3.05, 3.63) is 46.5 Å². The first-order valence-electron chi connectivity index (χ1n) is 7.99. The zero-order chi connectivity index (χ0) is 19.8. The second-order valence-corrected chi connectivity index (χ2v) is 5.87. The summed E-state index contributed by atoms with van der Waals surface area (Å²) >= 11 is 5.89. The van der Waals surface area contributed by atoms with E-state index in [2.05, 4.69) is 10.5 Å². The summed E-state index contributed by atoms with van der Waals surface area (Å²) in [5, 5.41) is 4.54. The van der Waals surface area contributed by atoms with Gasteiger partial charge in [-0.1, -0.05) is 11.6 Å². The third kappa shape index (κ3) is 5.52. The lowest BCUT2D eigenvalue weighted by Crippen LogP contribution is -2.24. The van der Waals surface area contributed by atoms with Crippen molar-refractivity contribution in [3.8, 4) is 23.0 Å². The van der Waals surface area contributed by atoms with Crippen molar-refractivity contribution in [2.45, 2.75) is 6.92 Å². The van der Waals surface area contributed by atoms with Gasteiger partial charge in [0.2, 0.25) is 0 Å². The fraction of sp³-hybridized carbons (Fsp3) is 0.263. The largest absolute Gasteiger partial charge is 0.496 e. The Bertz CT molecular complexity index is 814. The molecule has 1 N–H and O–H groups in total. The van der Waals surface area contributed by atoms with Gasteiger partial charge in [-0.05, 0) is 30.7 Å². The number of hydrogen-bond donors (Lipinski definition) is 1. The highest BCUT2D eigenvalue weighted by atomic mass is 35.5. The van der Waals surface area contributed by atoms with Crippen LogP contribution in [0.1, 0.15) is 11.1 Å². The third-order valence-electron chi connectivity index (χ3n) is 3.63. The summed E-state index contributed by atoms with van der Waals surface area (Å²) in [5.41, 5.74) is 3.81. The molecular formula is C19H21ClN2O5. The Kier molecular flexibility index (Phi) is 7.31. The van der Waals surface area contributed by atoms with Crippen molar-refractivity contribution >= 4 is 23.7 Å². The first-order chi connectivity index (χ1) is 13.0. The van der Waals surface area contributed by atoms with Gasteiger partial charge in [-0.2, -0.15) is 5.10 Å². The van der Waals surface area contributed by atoms with Crippen molar-refractivity contribution in [2.75, 3.05) is 27.9 Å². The SMILES string of the molecule is COc1cc(OC)c(/C=N/NC(=O)COc2ccc(Cl)cc2C)c(OC)c1. The van der Waals surface area contributed by atoms with E-state index in [1.165, 1.54) is 20.4 Å². The number of ether oxygens (including phenoxy) is 4. The molecule has 0 radical (unpaired) electrons. The van der Waals surface area contributed by atoms with Crippen LogP contribution in [-0.4, -0.2) is 40.1 Å². The zero-order valence-electron chi connectivity index (χ0n) is 15.5. The van der Waals surface area contributed by atoms with Gasteiger partial charge in [0, 0.05) is 17.2 Å². The number of aryl methyl sites for hydroxylation is 1. The molecule has 0 aliphatic heterocycles. The smallest absolute Gasteiger partial charge is 0.277 e. The molecule has 0 fully saturated rings. The van der Waals surface area contributed by atoms with Gasteiger partial charge in [-0.25, -0.2) is 5.43 Å². The van der Waals surface area contributed by atoms with Crippen LogP contribution in [0.3, 0.4) is 0 Å². The van der Waals surface area contributed by atoms with E-state index >= 15 is 0 Å². The number of hydrogen-bond acceptors (Lipinski definition) is 6. The summed E-state index contributed by atoms with van der Waals surface area (Å²) in [6.45, 7) is 1.66. The maximum absolute atomic E-state index is 11.9. The summed E-state index contributed by atoms with van der Waals surface area (Å²) < 4.78 is 21.3. The van der Waals surface area contributed by atoms with Gasteiger partial charge in [-0.3, -0.25) is 4.79 Å². The van der Waals surface area contributed by atoms with Crippen LogP contribution in [-0.2, 0) is 4.79 Å². The van der Waals surface area contributed by atoms with E-state index in [1.54, 1.807) is 37.4 Å². The van der Waals surface area contributed by atoms with Crippen molar-refractivity contribution < 1.29 is 23.7 Å². The number of nitrogens with zero attached hydrogens (tertiary/aromatic N) is 1. The highest BCUT2D eigenvalue weighted by molar-refractivity contribution is 6.30. The Morgan fingerprint density at radius 3 is 2.30 bits per heavy atom. The molecule has 0 saturated carbocycles. The van der Waals surface area contributed by atoms with E-state index in [1.807, 2.05) is 6.92 Å². The number of amides is 1. The topological polar surface area (TPSA) is 78.4 Å². The summed E-state index contributed by atoms with van der Waals surface area (Å²) in [6.07, 6.45) is 1.43. The van der Waals surface area contributed by atoms with Crippen molar-refractivity contribution in [3.63, 3.8) is 0 Å². The van der Waals surface area contributed by atoms with E-state index in [0.29, 0.717) is 33.6 Å². The lowest BCUT2D eigenvalue weighted by molar-refractivity contribution is -0.123. The molecule has 0 aromatic heterocycles. The Morgan fingerprint density at radius 1 is 1.07 bits per heavy atom. The summed E-state index contributed by atoms with van der Waals surface area (Å²) in [6, 6.07) is 8.55. The van der Waals surface area contributed by atoms with Crippen LogP contribution >= 0.6 is 11.6 Å². The van der Waals surface area contributed by atoms with E-state index < -0.39 is 5.91 Å². The molecule has 2 aromatic rings. The lowest BCUT2D eigenvalue weighted by Gasteiger charge is -2.12. The van der Waals surface area contributed by atoms with Gasteiger partial charge < -0.3 is 18.9 Å². The van der Waals surface area contributed by atoms with Gasteiger partial charge in [0.05, 0.1) is 33.1 Å². The minimum atomic E-state index is -0.410. The molecule has 1 amide bonds. The molecule has 27 heavy (non-hydrogen) atoms. The number of nitrogens with one attached hydrogen (secondary N) is 1. The number of hydrazone groups is 1. The average Bonchev–Trinajstić information content (AvgIpc) is 2.67. The molecule has 0 unspecified atom stereocenters. The number of benzene rings is 2. The predicted octanol–water partition coefficient (Wildman–Crippen LogP) is 3.20. The molecule has 0 spiro atoms. The van der Waals surface area contributed by atoms with Crippen molar-refractivity contribution in [1.82, 2.24) is 5.43 Å². The van der Waals surface area contributed by atoms with Crippen LogP contribution in [0.4, 0.5) is 0 Å². The second kappa shape index (κ2) is 9.68. The van der Waals surface area contributed by atoms with Gasteiger partial charge in [0.25, 0.3) is 5.91 Å². The molecule has 0 heterocycles. The van der Waals surface area contributed by atoms with E-state index in [-0.39, 0.29) is 6.61 Å². The van der Waals surface area contributed by atoms with Crippen LogP contribution in [0.2, 0.25) is 5.02 Å². The molecule has 0 bridgehead atoms. The van der Waals surface area contributed by atoms with Crippen molar-refractivity contribution in [2.24, 2.45) is 5.10 Å². The van der Waals surface area contributed by atoms with Gasteiger partial charge in [-0.15, -0.1) is 0 Å². The first kappa shape index (κ1) is 20.4. The maximum Gasteiger partial charge on any atom is 0.277 e. The fourth-order valence-corrected chi connectivity index (χ4v) is 2.51. The monoisotopic (exact) mass is 392 g/mol. The highest BCUT2D eigenvalue weighted by Gasteiger charge is 2.12. The quantitative estimate of drug-likeness (QED) is 0.551. The van der Waals surface area contributed by atoms with E-state index in [4.69, 9.17) is 30.5 Å². The fourth-order valence-electron chi connectivity index (χ4n) is 2.28.